The minimum atomic E-state index is -0.0196. The van der Waals surface area contributed by atoms with Gasteiger partial charge in [-0.15, -0.1) is 0 Å². The number of fused-ring (bicyclic) bond motifs is 1. The Hall–Kier alpha value is -3.25. The van der Waals surface area contributed by atoms with Gasteiger partial charge in [0.2, 0.25) is 5.91 Å². The first-order valence-electron chi connectivity index (χ1n) is 12.8. The monoisotopic (exact) mass is 468 g/mol. The van der Waals surface area contributed by atoms with Crippen LogP contribution in [0.15, 0.2) is 67.0 Å². The highest BCUT2D eigenvalue weighted by molar-refractivity contribution is 6.06. The molecule has 3 fully saturated rings. The molecule has 1 aromatic heterocycles. The Morgan fingerprint density at radius 1 is 0.914 bits per heavy atom. The van der Waals surface area contributed by atoms with Crippen LogP contribution in [0, 0.1) is 5.41 Å². The number of pyridine rings is 1. The second-order valence-electron chi connectivity index (χ2n) is 10.5. The van der Waals surface area contributed by atoms with Crippen LogP contribution < -0.4 is 0 Å². The predicted octanol–water partition coefficient (Wildman–Crippen LogP) is 3.96. The number of aromatic nitrogens is 1. The zero-order chi connectivity index (χ0) is 23.8. The number of carbonyl (C=O) groups excluding carboxylic acids is 2. The first kappa shape index (κ1) is 22.2. The van der Waals surface area contributed by atoms with E-state index in [0.717, 1.165) is 81.3 Å². The fourth-order valence-electron chi connectivity index (χ4n) is 6.37. The van der Waals surface area contributed by atoms with Gasteiger partial charge in [-0.2, -0.15) is 0 Å². The van der Waals surface area contributed by atoms with Crippen molar-refractivity contribution in [1.29, 1.82) is 0 Å². The molecule has 4 heterocycles. The van der Waals surface area contributed by atoms with E-state index in [2.05, 4.69) is 39.0 Å². The molecule has 2 amide bonds. The van der Waals surface area contributed by atoms with Crippen molar-refractivity contribution in [3.63, 3.8) is 0 Å². The summed E-state index contributed by atoms with van der Waals surface area (Å²) in [5, 5.41) is 1.94. The van der Waals surface area contributed by atoms with E-state index in [1.165, 1.54) is 5.56 Å². The van der Waals surface area contributed by atoms with Gasteiger partial charge in [-0.1, -0.05) is 42.5 Å². The van der Waals surface area contributed by atoms with Crippen molar-refractivity contribution >= 4 is 22.6 Å². The van der Waals surface area contributed by atoms with E-state index in [9.17, 15) is 9.59 Å². The topological polar surface area (TPSA) is 56.8 Å². The highest BCUT2D eigenvalue weighted by Crippen LogP contribution is 2.41. The SMILES string of the molecule is O=C(c1cccc2cnccc12)N1CC[C@@]2(CCN(C(=O)[C@H]3CCCN3Cc3ccccc3)C2)C1. The largest absolute Gasteiger partial charge is 0.341 e. The van der Waals surface area contributed by atoms with Crippen LogP contribution >= 0.6 is 0 Å². The predicted molar refractivity (Wildman–Crippen MR) is 136 cm³/mol. The fraction of sp³-hybridized carbons (Fsp3) is 0.414. The molecule has 3 aromatic rings. The van der Waals surface area contributed by atoms with Crippen LogP contribution in [-0.2, 0) is 11.3 Å². The van der Waals surface area contributed by atoms with Crippen molar-refractivity contribution in [2.24, 2.45) is 5.41 Å². The van der Waals surface area contributed by atoms with Crippen molar-refractivity contribution in [2.45, 2.75) is 38.3 Å². The molecule has 3 aliphatic rings. The Balaban J connectivity index is 1.12. The first-order valence-corrected chi connectivity index (χ1v) is 12.8. The van der Waals surface area contributed by atoms with Crippen molar-refractivity contribution in [3.8, 4) is 0 Å². The van der Waals surface area contributed by atoms with Crippen molar-refractivity contribution < 1.29 is 9.59 Å². The molecule has 0 bridgehead atoms. The molecule has 6 rings (SSSR count). The molecule has 35 heavy (non-hydrogen) atoms. The smallest absolute Gasteiger partial charge is 0.254 e. The van der Waals surface area contributed by atoms with Gasteiger partial charge in [0.05, 0.1) is 6.04 Å². The van der Waals surface area contributed by atoms with Crippen molar-refractivity contribution in [1.82, 2.24) is 19.7 Å². The van der Waals surface area contributed by atoms with Crippen molar-refractivity contribution in [2.75, 3.05) is 32.7 Å². The van der Waals surface area contributed by atoms with Gasteiger partial charge in [0.1, 0.15) is 0 Å². The molecule has 0 N–H and O–H groups in total. The van der Waals surface area contributed by atoms with Gasteiger partial charge in [-0.05, 0) is 55.3 Å². The molecule has 3 saturated heterocycles. The quantitative estimate of drug-likeness (QED) is 0.582. The van der Waals surface area contributed by atoms with Gasteiger partial charge >= 0.3 is 0 Å². The summed E-state index contributed by atoms with van der Waals surface area (Å²) >= 11 is 0. The third-order valence-electron chi connectivity index (χ3n) is 8.26. The van der Waals surface area contributed by atoms with Crippen LogP contribution in [0.1, 0.15) is 41.6 Å². The van der Waals surface area contributed by atoms with E-state index in [1.54, 1.807) is 6.20 Å². The van der Waals surface area contributed by atoms with Crippen molar-refractivity contribution in [3.05, 3.63) is 78.1 Å². The lowest BCUT2D eigenvalue weighted by Gasteiger charge is -2.29. The number of hydrogen-bond donors (Lipinski definition) is 0. The standard InChI is InChI=1S/C29H32N4O2/c34-27(25-9-4-8-23-18-30-14-11-24(23)25)32-16-12-29(20-32)13-17-33(21-29)28(35)26-10-5-15-31(26)19-22-6-2-1-3-7-22/h1-4,6-9,11,14,18,26H,5,10,12-13,15-17,19-21H2/t26-,29-/m1/s1. The first-order chi connectivity index (χ1) is 17.1. The average Bonchev–Trinajstić information content (AvgIpc) is 3.64. The summed E-state index contributed by atoms with van der Waals surface area (Å²) in [5.74, 6) is 0.370. The van der Waals surface area contributed by atoms with Crippen LogP contribution in [0.3, 0.4) is 0 Å². The van der Waals surface area contributed by atoms with E-state index < -0.39 is 0 Å². The zero-order valence-corrected chi connectivity index (χ0v) is 20.1. The number of carbonyl (C=O) groups is 2. The van der Waals surface area contributed by atoms with Gasteiger partial charge in [0, 0.05) is 61.5 Å². The molecular weight excluding hydrogens is 436 g/mol. The summed E-state index contributed by atoms with van der Waals surface area (Å²) in [5.41, 5.74) is 2.04. The number of benzene rings is 2. The number of nitrogens with zero attached hydrogens (tertiary/aromatic N) is 4. The minimum Gasteiger partial charge on any atom is -0.341 e. The molecule has 180 valence electrons. The van der Waals surface area contributed by atoms with Crippen LogP contribution in [0.4, 0.5) is 0 Å². The number of amides is 2. The number of rotatable bonds is 4. The maximum absolute atomic E-state index is 13.6. The molecule has 1 spiro atoms. The zero-order valence-electron chi connectivity index (χ0n) is 20.1. The van der Waals surface area contributed by atoms with Crippen LogP contribution in [0.2, 0.25) is 0 Å². The summed E-state index contributed by atoms with van der Waals surface area (Å²) in [6.45, 7) is 4.87. The van der Waals surface area contributed by atoms with Gasteiger partial charge in [-0.25, -0.2) is 0 Å². The fourth-order valence-corrected chi connectivity index (χ4v) is 6.37. The molecule has 6 heteroatoms. The van der Waals surface area contributed by atoms with E-state index >= 15 is 0 Å². The molecule has 2 atom stereocenters. The molecule has 3 aliphatic heterocycles. The second kappa shape index (κ2) is 9.08. The minimum absolute atomic E-state index is 0.0196. The third kappa shape index (κ3) is 4.20. The van der Waals surface area contributed by atoms with Gasteiger partial charge in [-0.3, -0.25) is 19.5 Å². The molecule has 0 radical (unpaired) electrons. The highest BCUT2D eigenvalue weighted by atomic mass is 16.2. The Kier molecular flexibility index (Phi) is 5.77. The molecule has 0 saturated carbocycles. The van der Waals surface area contributed by atoms with E-state index in [1.807, 2.05) is 41.4 Å². The lowest BCUT2D eigenvalue weighted by molar-refractivity contribution is -0.135. The van der Waals surface area contributed by atoms with Gasteiger partial charge in [0.25, 0.3) is 5.91 Å². The summed E-state index contributed by atoms with van der Waals surface area (Å²) in [4.78, 5) is 37.7. The average molecular weight is 469 g/mol. The summed E-state index contributed by atoms with van der Waals surface area (Å²) in [6, 6.07) is 18.2. The van der Waals surface area contributed by atoms with Crippen LogP contribution in [0.5, 0.6) is 0 Å². The third-order valence-corrected chi connectivity index (χ3v) is 8.26. The lowest BCUT2D eigenvalue weighted by atomic mass is 9.86. The summed E-state index contributed by atoms with van der Waals surface area (Å²) in [6.07, 6.45) is 7.51. The Labute approximate surface area is 206 Å². The van der Waals surface area contributed by atoms with E-state index in [-0.39, 0.29) is 23.3 Å². The number of likely N-dealkylation sites (tertiary alicyclic amines) is 3. The number of hydrogen-bond acceptors (Lipinski definition) is 4. The second-order valence-corrected chi connectivity index (χ2v) is 10.5. The highest BCUT2D eigenvalue weighted by Gasteiger charge is 2.47. The van der Waals surface area contributed by atoms with Crippen LogP contribution in [-0.4, -0.2) is 70.3 Å². The Bertz CT molecular complexity index is 1240. The molecule has 0 aliphatic carbocycles. The summed E-state index contributed by atoms with van der Waals surface area (Å²) in [7, 11) is 0. The maximum Gasteiger partial charge on any atom is 0.254 e. The van der Waals surface area contributed by atoms with Gasteiger partial charge < -0.3 is 9.80 Å². The Morgan fingerprint density at radius 3 is 2.57 bits per heavy atom. The van der Waals surface area contributed by atoms with E-state index in [4.69, 9.17) is 0 Å². The van der Waals surface area contributed by atoms with Crippen LogP contribution in [0.25, 0.3) is 10.8 Å². The molecule has 6 nitrogen and oxygen atoms in total. The molecular formula is C29H32N4O2. The molecule has 2 aromatic carbocycles. The normalized spacial score (nSPS) is 24.6. The maximum atomic E-state index is 13.6. The molecule has 0 unspecified atom stereocenters. The Morgan fingerprint density at radius 2 is 1.71 bits per heavy atom. The lowest BCUT2D eigenvalue weighted by Crippen LogP contribution is -2.45. The van der Waals surface area contributed by atoms with E-state index in [0.29, 0.717) is 0 Å². The summed E-state index contributed by atoms with van der Waals surface area (Å²) < 4.78 is 0. The van der Waals surface area contributed by atoms with Gasteiger partial charge in [0.15, 0.2) is 0 Å².